The Labute approximate surface area is 212 Å². The van der Waals surface area contributed by atoms with Crippen LogP contribution < -0.4 is 44.6 Å². The summed E-state index contributed by atoms with van der Waals surface area (Å²) < 4.78 is 0. The van der Waals surface area contributed by atoms with Gasteiger partial charge in [-0.3, -0.25) is 29.0 Å². The van der Waals surface area contributed by atoms with Crippen LogP contribution in [0, 0.1) is 0 Å². The topological polar surface area (TPSA) is 321 Å². The number of aliphatic carboxylic acids is 2. The predicted octanol–water partition coefficient (Wildman–Crippen LogP) is -4.61. The number of primary amides is 1. The third-order valence-electron chi connectivity index (χ3n) is 4.92. The van der Waals surface area contributed by atoms with Gasteiger partial charge >= 0.3 is 11.9 Å². The predicted molar refractivity (Wildman–Crippen MR) is 130 cm³/mol. The van der Waals surface area contributed by atoms with Crippen molar-refractivity contribution in [2.45, 2.75) is 69.1 Å². The van der Waals surface area contributed by atoms with Gasteiger partial charge in [-0.25, -0.2) is 4.79 Å². The van der Waals surface area contributed by atoms with Gasteiger partial charge in [0.05, 0.1) is 18.9 Å². The van der Waals surface area contributed by atoms with Crippen LogP contribution in [0.25, 0.3) is 0 Å². The summed E-state index contributed by atoms with van der Waals surface area (Å²) in [5.74, 6) is -6.96. The number of nitrogens with one attached hydrogen (secondary N) is 3. The van der Waals surface area contributed by atoms with E-state index in [1.165, 1.54) is 0 Å². The van der Waals surface area contributed by atoms with Gasteiger partial charge in [-0.1, -0.05) is 0 Å². The molecule has 0 radical (unpaired) electrons. The molecule has 4 amide bonds. The summed E-state index contributed by atoms with van der Waals surface area (Å²) in [5, 5.41) is 25.0. The highest BCUT2D eigenvalue weighted by Gasteiger charge is 2.32. The van der Waals surface area contributed by atoms with E-state index in [0.717, 1.165) is 0 Å². The maximum Gasteiger partial charge on any atom is 0.326 e. The van der Waals surface area contributed by atoms with E-state index in [-0.39, 0.29) is 25.3 Å². The van der Waals surface area contributed by atoms with E-state index < -0.39 is 72.6 Å². The maximum atomic E-state index is 12.8. The zero-order valence-corrected chi connectivity index (χ0v) is 20.4. The molecule has 37 heavy (non-hydrogen) atoms. The summed E-state index contributed by atoms with van der Waals surface area (Å²) in [7, 11) is 0. The lowest BCUT2D eigenvalue weighted by atomic mass is 10.1. The molecule has 0 saturated carbocycles. The lowest BCUT2D eigenvalue weighted by Crippen LogP contribution is -2.58. The van der Waals surface area contributed by atoms with Crippen LogP contribution in [0.15, 0.2) is 4.99 Å². The van der Waals surface area contributed by atoms with Crippen LogP contribution in [-0.2, 0) is 28.8 Å². The van der Waals surface area contributed by atoms with Crippen LogP contribution in [-0.4, -0.2) is 89.0 Å². The Bertz CT molecular complexity index is 848. The molecule has 0 aliphatic carbocycles. The number of carboxylic acids is 2. The Morgan fingerprint density at radius 2 is 1.27 bits per heavy atom. The Balaban J connectivity index is 5.41. The summed E-state index contributed by atoms with van der Waals surface area (Å²) in [5.41, 5.74) is 26.7. The SMILES string of the molecule is NCCCCC(NC(=O)C(CC(N)=O)NC(=O)C(CC(=O)O)NC(=O)C(N)CCCN=C(N)N)C(=O)O. The number of carbonyl (C=O) groups is 6. The van der Waals surface area contributed by atoms with Crippen molar-refractivity contribution in [3.63, 3.8) is 0 Å². The minimum absolute atomic E-state index is 0.0360. The average Bonchev–Trinajstić information content (AvgIpc) is 2.79. The number of hydrogen-bond acceptors (Lipinski definition) is 9. The number of hydrogen-bond donors (Lipinski definition) is 10. The molecule has 4 unspecified atom stereocenters. The molecular formula is C20H37N9O8. The van der Waals surface area contributed by atoms with Crippen molar-refractivity contribution in [2.75, 3.05) is 13.1 Å². The molecule has 0 aromatic heterocycles. The Hall–Kier alpha value is -3.99. The molecule has 0 aromatic rings. The number of unbranched alkanes of at least 4 members (excludes halogenated alkanes) is 1. The first-order chi connectivity index (χ1) is 17.3. The quantitative estimate of drug-likeness (QED) is 0.0427. The van der Waals surface area contributed by atoms with E-state index in [1.807, 2.05) is 0 Å². The average molecular weight is 532 g/mol. The molecule has 0 bridgehead atoms. The molecule has 15 N–H and O–H groups in total. The van der Waals surface area contributed by atoms with Crippen LogP contribution in [0.5, 0.6) is 0 Å². The van der Waals surface area contributed by atoms with E-state index in [2.05, 4.69) is 20.9 Å². The highest BCUT2D eigenvalue weighted by Crippen LogP contribution is 2.04. The van der Waals surface area contributed by atoms with Gasteiger partial charge in [0.1, 0.15) is 18.1 Å². The van der Waals surface area contributed by atoms with Gasteiger partial charge in [-0.05, 0) is 38.6 Å². The lowest BCUT2D eigenvalue weighted by Gasteiger charge is -2.24. The summed E-state index contributed by atoms with van der Waals surface area (Å²) in [6.07, 6.45) is -0.233. The standard InChI is InChI=1S/C20H37N9O8/c21-6-2-1-5-11(19(36)37)27-17(34)12(8-14(23)30)29-18(35)13(9-15(31)32)28-16(33)10(22)4-3-7-26-20(24)25/h10-13H,1-9,21-22H2,(H2,23,30)(H,27,34)(H,28,33)(H,29,35)(H,31,32)(H,36,37)(H4,24,25,26). The summed E-state index contributed by atoms with van der Waals surface area (Å²) in [6.45, 7) is 0.507. The van der Waals surface area contributed by atoms with Gasteiger partial charge in [0.15, 0.2) is 5.96 Å². The number of guanidine groups is 1. The Kier molecular flexibility index (Phi) is 15.6. The van der Waals surface area contributed by atoms with Crippen molar-refractivity contribution in [3.05, 3.63) is 0 Å². The van der Waals surface area contributed by atoms with Crippen molar-refractivity contribution in [1.82, 2.24) is 16.0 Å². The largest absolute Gasteiger partial charge is 0.481 e. The smallest absolute Gasteiger partial charge is 0.326 e. The van der Waals surface area contributed by atoms with E-state index in [1.54, 1.807) is 0 Å². The highest BCUT2D eigenvalue weighted by atomic mass is 16.4. The maximum absolute atomic E-state index is 12.8. The van der Waals surface area contributed by atoms with E-state index in [0.29, 0.717) is 25.8 Å². The molecule has 0 saturated heterocycles. The van der Waals surface area contributed by atoms with E-state index in [4.69, 9.17) is 33.8 Å². The van der Waals surface area contributed by atoms with Crippen molar-refractivity contribution in [2.24, 2.45) is 33.7 Å². The second kappa shape index (κ2) is 17.4. The Morgan fingerprint density at radius 3 is 1.76 bits per heavy atom. The molecular weight excluding hydrogens is 494 g/mol. The monoisotopic (exact) mass is 531 g/mol. The molecule has 4 atom stereocenters. The fourth-order valence-electron chi connectivity index (χ4n) is 3.02. The van der Waals surface area contributed by atoms with Crippen molar-refractivity contribution >= 4 is 41.5 Å². The first-order valence-corrected chi connectivity index (χ1v) is 11.4. The van der Waals surface area contributed by atoms with Crippen molar-refractivity contribution in [1.29, 1.82) is 0 Å². The van der Waals surface area contributed by atoms with Gasteiger partial charge in [0.2, 0.25) is 23.6 Å². The van der Waals surface area contributed by atoms with Gasteiger partial charge in [-0.2, -0.15) is 0 Å². The van der Waals surface area contributed by atoms with Gasteiger partial charge in [-0.15, -0.1) is 0 Å². The van der Waals surface area contributed by atoms with E-state index >= 15 is 0 Å². The fourth-order valence-corrected chi connectivity index (χ4v) is 3.02. The van der Waals surface area contributed by atoms with E-state index in [9.17, 15) is 33.9 Å². The third kappa shape index (κ3) is 14.9. The van der Waals surface area contributed by atoms with Gasteiger partial charge in [0.25, 0.3) is 0 Å². The summed E-state index contributed by atoms with van der Waals surface area (Å²) in [4.78, 5) is 75.7. The molecule has 210 valence electrons. The van der Waals surface area contributed by atoms with Crippen LogP contribution in [0.4, 0.5) is 0 Å². The molecule has 17 heteroatoms. The molecule has 0 fully saturated rings. The van der Waals surface area contributed by atoms with Crippen LogP contribution >= 0.6 is 0 Å². The number of rotatable bonds is 19. The molecule has 0 rings (SSSR count). The minimum atomic E-state index is -1.67. The van der Waals surface area contributed by atoms with Crippen LogP contribution in [0.2, 0.25) is 0 Å². The molecule has 0 aliphatic heterocycles. The second-order valence-electron chi connectivity index (χ2n) is 8.13. The molecule has 0 spiro atoms. The normalized spacial score (nSPS) is 13.8. The number of carboxylic acid groups (broad SMARTS) is 2. The first kappa shape index (κ1) is 33.0. The zero-order valence-electron chi connectivity index (χ0n) is 20.4. The zero-order chi connectivity index (χ0) is 28.5. The number of nitrogens with two attached hydrogens (primary N) is 5. The number of amides is 4. The number of aliphatic imine (C=N–C) groups is 1. The molecule has 0 aliphatic rings. The number of nitrogens with zero attached hydrogens (tertiary/aromatic N) is 1. The van der Waals surface area contributed by atoms with Crippen LogP contribution in [0.3, 0.4) is 0 Å². The Morgan fingerprint density at radius 1 is 0.730 bits per heavy atom. The number of carbonyl (C=O) groups excluding carboxylic acids is 4. The minimum Gasteiger partial charge on any atom is -0.481 e. The van der Waals surface area contributed by atoms with Gasteiger partial charge in [0, 0.05) is 6.54 Å². The third-order valence-corrected chi connectivity index (χ3v) is 4.92. The molecule has 17 nitrogen and oxygen atoms in total. The van der Waals surface area contributed by atoms with Crippen LogP contribution in [0.1, 0.15) is 44.9 Å². The lowest BCUT2D eigenvalue weighted by molar-refractivity contribution is -0.143. The highest BCUT2D eigenvalue weighted by molar-refractivity contribution is 5.97. The second-order valence-corrected chi connectivity index (χ2v) is 8.13. The molecule has 0 heterocycles. The van der Waals surface area contributed by atoms with Crippen molar-refractivity contribution < 1.29 is 39.0 Å². The first-order valence-electron chi connectivity index (χ1n) is 11.4. The van der Waals surface area contributed by atoms with Gasteiger partial charge < -0.3 is 54.8 Å². The fraction of sp³-hybridized carbons (Fsp3) is 0.650. The van der Waals surface area contributed by atoms with Crippen molar-refractivity contribution in [3.8, 4) is 0 Å². The molecule has 0 aromatic carbocycles. The summed E-state index contributed by atoms with van der Waals surface area (Å²) >= 11 is 0. The summed E-state index contributed by atoms with van der Waals surface area (Å²) in [6, 6.07) is -5.77.